The highest BCUT2D eigenvalue weighted by Gasteiger charge is 2.25. The van der Waals surface area contributed by atoms with Gasteiger partial charge in [0.05, 0.1) is 29.5 Å². The van der Waals surface area contributed by atoms with Crippen LogP contribution in [0.4, 0.5) is 5.69 Å². The number of aromatic nitrogens is 4. The zero-order chi connectivity index (χ0) is 24.9. The Labute approximate surface area is 213 Å². The quantitative estimate of drug-likeness (QED) is 0.354. The second-order valence-corrected chi connectivity index (χ2v) is 11.2. The van der Waals surface area contributed by atoms with Crippen LogP contribution in [0.2, 0.25) is 0 Å². The molecule has 1 amide bonds. The maximum absolute atomic E-state index is 12.9. The van der Waals surface area contributed by atoms with Gasteiger partial charge in [0.15, 0.2) is 0 Å². The van der Waals surface area contributed by atoms with Crippen molar-refractivity contribution in [2.45, 2.75) is 21.2 Å². The van der Waals surface area contributed by atoms with Crippen LogP contribution in [-0.4, -0.2) is 40.3 Å². The fraction of sp³-hybridized carbons (Fsp3) is 0.0870. The fourth-order valence-corrected chi connectivity index (χ4v) is 6.71. The molecule has 13 heteroatoms. The van der Waals surface area contributed by atoms with Gasteiger partial charge in [-0.15, -0.1) is 0 Å². The van der Waals surface area contributed by atoms with Crippen LogP contribution in [0.1, 0.15) is 16.2 Å². The average molecular weight is 537 g/mol. The predicted molar refractivity (Wildman–Crippen MR) is 134 cm³/mol. The smallest absolute Gasteiger partial charge is 0.259 e. The van der Waals surface area contributed by atoms with E-state index in [0.717, 1.165) is 27.2 Å². The van der Waals surface area contributed by atoms with Gasteiger partial charge >= 0.3 is 0 Å². The standard InChI is InChI=1S/C23H16N6O4S3/c1-29-16-10-9-13(11-18(16)34-17-7-3-2-5-14(17)23(29)30)22-25-20(33-26-22)12-24-36(31,32)19-8-4-6-15-21(19)28-35-27-15/h2-11,24H,12H2,1H3. The van der Waals surface area contributed by atoms with Gasteiger partial charge in [-0.1, -0.05) is 35.1 Å². The lowest BCUT2D eigenvalue weighted by atomic mass is 10.1. The van der Waals surface area contributed by atoms with Crippen molar-refractivity contribution in [2.75, 3.05) is 11.9 Å². The van der Waals surface area contributed by atoms with Crippen molar-refractivity contribution >= 4 is 56.1 Å². The Bertz CT molecular complexity index is 1750. The predicted octanol–water partition coefficient (Wildman–Crippen LogP) is 3.96. The molecule has 180 valence electrons. The number of rotatable bonds is 5. The highest BCUT2D eigenvalue weighted by molar-refractivity contribution is 7.99. The molecule has 0 atom stereocenters. The van der Waals surface area contributed by atoms with Gasteiger partial charge in [-0.25, -0.2) is 13.1 Å². The Morgan fingerprint density at radius 3 is 2.78 bits per heavy atom. The van der Waals surface area contributed by atoms with E-state index in [-0.39, 0.29) is 23.2 Å². The summed E-state index contributed by atoms with van der Waals surface area (Å²) >= 11 is 2.44. The molecule has 3 aromatic carbocycles. The molecule has 0 aliphatic carbocycles. The summed E-state index contributed by atoms with van der Waals surface area (Å²) in [7, 11) is -2.14. The Morgan fingerprint density at radius 2 is 1.89 bits per heavy atom. The van der Waals surface area contributed by atoms with Gasteiger partial charge in [-0.3, -0.25) is 4.79 Å². The number of nitrogens with one attached hydrogen (secondary N) is 1. The Balaban J connectivity index is 1.25. The molecule has 0 spiro atoms. The Hall–Kier alpha value is -3.65. The highest BCUT2D eigenvalue weighted by Crippen LogP contribution is 2.42. The van der Waals surface area contributed by atoms with Gasteiger partial charge in [0, 0.05) is 22.4 Å². The minimum absolute atomic E-state index is 0.0372. The highest BCUT2D eigenvalue weighted by atomic mass is 32.2. The lowest BCUT2D eigenvalue weighted by Gasteiger charge is -2.17. The van der Waals surface area contributed by atoms with E-state index in [1.165, 1.54) is 17.8 Å². The molecule has 0 saturated heterocycles. The second kappa shape index (κ2) is 8.78. The van der Waals surface area contributed by atoms with Crippen molar-refractivity contribution < 1.29 is 17.7 Å². The minimum atomic E-state index is -3.88. The van der Waals surface area contributed by atoms with E-state index in [4.69, 9.17) is 4.52 Å². The van der Waals surface area contributed by atoms with E-state index in [1.54, 1.807) is 30.1 Å². The van der Waals surface area contributed by atoms with Gasteiger partial charge in [0.1, 0.15) is 15.9 Å². The summed E-state index contributed by atoms with van der Waals surface area (Å²) in [5.41, 5.74) is 2.92. The summed E-state index contributed by atoms with van der Waals surface area (Å²) in [5, 5.41) is 4.02. The van der Waals surface area contributed by atoms with E-state index in [2.05, 4.69) is 23.6 Å². The van der Waals surface area contributed by atoms with Crippen LogP contribution in [0.15, 0.2) is 79.9 Å². The third-order valence-electron chi connectivity index (χ3n) is 5.64. The van der Waals surface area contributed by atoms with Crippen LogP contribution < -0.4 is 9.62 Å². The average Bonchev–Trinajstić information content (AvgIpc) is 3.55. The van der Waals surface area contributed by atoms with Crippen molar-refractivity contribution in [2.24, 2.45) is 0 Å². The largest absolute Gasteiger partial charge is 0.338 e. The van der Waals surface area contributed by atoms with Crippen molar-refractivity contribution in [3.05, 3.63) is 72.1 Å². The maximum atomic E-state index is 12.9. The first-order valence-corrected chi connectivity index (χ1v) is 13.7. The third-order valence-corrected chi connectivity index (χ3v) is 8.74. The molecule has 3 heterocycles. The molecule has 5 aromatic rings. The number of carbonyl (C=O) groups excluding carboxylic acids is 1. The number of amides is 1. The molecular weight excluding hydrogens is 520 g/mol. The first-order valence-electron chi connectivity index (χ1n) is 10.6. The van der Waals surface area contributed by atoms with Gasteiger partial charge < -0.3 is 9.42 Å². The number of benzene rings is 3. The molecule has 0 unspecified atom stereocenters. The van der Waals surface area contributed by atoms with Crippen LogP contribution in [-0.2, 0) is 16.6 Å². The number of fused-ring (bicyclic) bond motifs is 3. The minimum Gasteiger partial charge on any atom is -0.338 e. The summed E-state index contributed by atoms with van der Waals surface area (Å²) in [6.45, 7) is -0.187. The SMILES string of the molecule is CN1C(=O)c2ccccc2Sc2cc(-c3noc(CNS(=O)(=O)c4cccc5nsnc45)n3)ccc21. The summed E-state index contributed by atoms with van der Waals surface area (Å²) in [6.07, 6.45) is 0. The molecule has 1 aliphatic rings. The molecule has 0 radical (unpaired) electrons. The number of nitrogens with zero attached hydrogens (tertiary/aromatic N) is 5. The van der Waals surface area contributed by atoms with Gasteiger partial charge in [-0.05, 0) is 42.5 Å². The van der Waals surface area contributed by atoms with Crippen molar-refractivity contribution in [3.63, 3.8) is 0 Å². The van der Waals surface area contributed by atoms with Crippen molar-refractivity contribution in [1.29, 1.82) is 0 Å². The van der Waals surface area contributed by atoms with E-state index in [1.807, 2.05) is 36.4 Å². The maximum Gasteiger partial charge on any atom is 0.259 e. The second-order valence-electron chi connectivity index (χ2n) is 7.87. The van der Waals surface area contributed by atoms with Crippen LogP contribution in [0.3, 0.4) is 0 Å². The lowest BCUT2D eigenvalue weighted by Crippen LogP contribution is -2.25. The normalized spacial score (nSPS) is 13.5. The monoisotopic (exact) mass is 536 g/mol. The molecular formula is C23H16N6O4S3. The molecule has 6 rings (SSSR count). The number of sulfonamides is 1. The summed E-state index contributed by atoms with van der Waals surface area (Å²) < 4.78 is 41.6. The molecule has 1 aliphatic heterocycles. The number of carbonyl (C=O) groups is 1. The number of anilines is 1. The Morgan fingerprint density at radius 1 is 1.03 bits per heavy atom. The van der Waals surface area contributed by atoms with Crippen LogP contribution in [0.5, 0.6) is 0 Å². The Kier molecular flexibility index (Phi) is 5.56. The third kappa shape index (κ3) is 3.95. The van der Waals surface area contributed by atoms with E-state index >= 15 is 0 Å². The summed E-state index contributed by atoms with van der Waals surface area (Å²) in [4.78, 5) is 20.6. The van der Waals surface area contributed by atoms with E-state index in [0.29, 0.717) is 28.0 Å². The number of hydrogen-bond acceptors (Lipinski definition) is 10. The topological polar surface area (TPSA) is 131 Å². The molecule has 0 fully saturated rings. The summed E-state index contributed by atoms with van der Waals surface area (Å²) in [6, 6.07) is 17.8. The first-order chi connectivity index (χ1) is 17.4. The molecule has 10 nitrogen and oxygen atoms in total. The van der Waals surface area contributed by atoms with Crippen LogP contribution in [0, 0.1) is 0 Å². The molecule has 1 N–H and O–H groups in total. The van der Waals surface area contributed by atoms with Gasteiger partial charge in [0.2, 0.25) is 21.7 Å². The van der Waals surface area contributed by atoms with Crippen molar-refractivity contribution in [1.82, 2.24) is 23.6 Å². The summed E-state index contributed by atoms with van der Waals surface area (Å²) in [5.74, 6) is 0.338. The van der Waals surface area contributed by atoms with Crippen LogP contribution >= 0.6 is 23.5 Å². The molecule has 0 bridgehead atoms. The van der Waals surface area contributed by atoms with E-state index in [9.17, 15) is 13.2 Å². The van der Waals surface area contributed by atoms with E-state index < -0.39 is 10.0 Å². The van der Waals surface area contributed by atoms with Crippen LogP contribution in [0.25, 0.3) is 22.4 Å². The number of hydrogen-bond donors (Lipinski definition) is 1. The zero-order valence-corrected chi connectivity index (χ0v) is 21.0. The lowest BCUT2D eigenvalue weighted by molar-refractivity contribution is 0.0990. The first kappa shape index (κ1) is 22.8. The molecule has 2 aromatic heterocycles. The molecule has 36 heavy (non-hydrogen) atoms. The van der Waals surface area contributed by atoms with Crippen molar-refractivity contribution in [3.8, 4) is 11.4 Å². The fourth-order valence-electron chi connectivity index (χ4n) is 3.83. The zero-order valence-electron chi connectivity index (χ0n) is 18.6. The molecule has 0 saturated carbocycles. The van der Waals surface area contributed by atoms with Gasteiger partial charge in [-0.2, -0.15) is 13.7 Å². The van der Waals surface area contributed by atoms with Gasteiger partial charge in [0.25, 0.3) is 5.91 Å².